The van der Waals surface area contributed by atoms with E-state index in [1.54, 1.807) is 11.3 Å². The number of fused-ring (bicyclic) bond motifs is 1. The van der Waals surface area contributed by atoms with Gasteiger partial charge in [0.15, 0.2) is 5.82 Å². The summed E-state index contributed by atoms with van der Waals surface area (Å²) in [4.78, 5) is 5.40. The molecule has 1 aromatic carbocycles. The molecule has 2 heterocycles. The Morgan fingerprint density at radius 1 is 1.33 bits per heavy atom. The highest BCUT2D eigenvalue weighted by atomic mass is 32.1. The summed E-state index contributed by atoms with van der Waals surface area (Å²) in [5.41, 5.74) is 0. The van der Waals surface area contributed by atoms with Crippen LogP contribution in [0.1, 0.15) is 12.7 Å². The number of hydrogen-bond acceptors (Lipinski definition) is 5. The normalized spacial score (nSPS) is 11.2. The number of aromatic nitrogens is 2. The third-order valence-corrected chi connectivity index (χ3v) is 3.74. The molecule has 3 aromatic rings. The molecule has 0 saturated heterocycles. The molecule has 0 bridgehead atoms. The minimum absolute atomic E-state index is 0.601. The van der Waals surface area contributed by atoms with Gasteiger partial charge in [-0.25, -0.2) is 0 Å². The zero-order valence-corrected chi connectivity index (χ0v) is 10.8. The van der Waals surface area contributed by atoms with Crippen LogP contribution in [0.25, 0.3) is 20.9 Å². The predicted molar refractivity (Wildman–Crippen MR) is 72.5 cm³/mol. The van der Waals surface area contributed by atoms with Crippen molar-refractivity contribution in [3.05, 3.63) is 36.2 Å². The van der Waals surface area contributed by atoms with Crippen molar-refractivity contribution < 1.29 is 4.52 Å². The van der Waals surface area contributed by atoms with Gasteiger partial charge in [-0.1, -0.05) is 30.3 Å². The lowest BCUT2D eigenvalue weighted by Crippen LogP contribution is -2.12. The highest BCUT2D eigenvalue weighted by molar-refractivity contribution is 7.22. The second kappa shape index (κ2) is 4.88. The number of thiophene rings is 1. The minimum Gasteiger partial charge on any atom is -0.333 e. The van der Waals surface area contributed by atoms with E-state index in [4.69, 9.17) is 4.52 Å². The fourth-order valence-corrected chi connectivity index (χ4v) is 2.73. The van der Waals surface area contributed by atoms with Gasteiger partial charge < -0.3 is 9.84 Å². The zero-order chi connectivity index (χ0) is 12.4. The first kappa shape index (κ1) is 11.4. The molecule has 18 heavy (non-hydrogen) atoms. The summed E-state index contributed by atoms with van der Waals surface area (Å²) >= 11 is 1.67. The maximum absolute atomic E-state index is 5.29. The summed E-state index contributed by atoms with van der Waals surface area (Å²) in [6.07, 6.45) is 0. The smallest absolute Gasteiger partial charge is 0.268 e. The van der Waals surface area contributed by atoms with Gasteiger partial charge in [0.25, 0.3) is 5.89 Å². The summed E-state index contributed by atoms with van der Waals surface area (Å²) in [7, 11) is 0. The van der Waals surface area contributed by atoms with Crippen LogP contribution in [0.5, 0.6) is 0 Å². The van der Waals surface area contributed by atoms with E-state index < -0.39 is 0 Å². The van der Waals surface area contributed by atoms with Gasteiger partial charge in [0.2, 0.25) is 0 Å². The van der Waals surface area contributed by atoms with Crippen molar-refractivity contribution in [3.63, 3.8) is 0 Å². The molecule has 0 aliphatic rings. The van der Waals surface area contributed by atoms with Crippen LogP contribution in [-0.4, -0.2) is 16.7 Å². The molecular weight excluding hydrogens is 246 g/mol. The number of nitrogens with zero attached hydrogens (tertiary/aromatic N) is 2. The first-order valence-corrected chi connectivity index (χ1v) is 6.70. The second-order valence-electron chi connectivity index (χ2n) is 3.94. The lowest BCUT2D eigenvalue weighted by atomic mass is 10.2. The van der Waals surface area contributed by atoms with Gasteiger partial charge in [-0.2, -0.15) is 4.98 Å². The summed E-state index contributed by atoms with van der Waals surface area (Å²) < 4.78 is 6.52. The molecule has 92 valence electrons. The second-order valence-corrected chi connectivity index (χ2v) is 5.03. The Kier molecular flexibility index (Phi) is 3.08. The van der Waals surface area contributed by atoms with Crippen LogP contribution >= 0.6 is 11.3 Å². The molecule has 0 amide bonds. The zero-order valence-electron chi connectivity index (χ0n) is 10.0. The predicted octanol–water partition coefficient (Wildman–Crippen LogP) is 3.06. The van der Waals surface area contributed by atoms with E-state index in [1.165, 1.54) is 10.1 Å². The largest absolute Gasteiger partial charge is 0.333 e. The van der Waals surface area contributed by atoms with Crippen LogP contribution < -0.4 is 5.32 Å². The summed E-state index contributed by atoms with van der Waals surface area (Å²) in [5.74, 6) is 1.30. The van der Waals surface area contributed by atoms with Crippen molar-refractivity contribution in [2.45, 2.75) is 13.5 Å². The van der Waals surface area contributed by atoms with Crippen LogP contribution in [0.3, 0.4) is 0 Å². The first-order valence-electron chi connectivity index (χ1n) is 5.89. The van der Waals surface area contributed by atoms with Gasteiger partial charge >= 0.3 is 0 Å². The van der Waals surface area contributed by atoms with Crippen molar-refractivity contribution in [1.82, 2.24) is 15.5 Å². The average Bonchev–Trinajstić information content (AvgIpc) is 3.02. The lowest BCUT2D eigenvalue weighted by Gasteiger charge is -1.92. The van der Waals surface area contributed by atoms with Gasteiger partial charge in [-0.15, -0.1) is 11.3 Å². The molecule has 0 aliphatic carbocycles. The summed E-state index contributed by atoms with van der Waals surface area (Å²) in [6.45, 7) is 3.59. The first-order chi connectivity index (χ1) is 8.86. The van der Waals surface area contributed by atoms with Crippen LogP contribution in [0, 0.1) is 0 Å². The number of hydrogen-bond donors (Lipinski definition) is 1. The third kappa shape index (κ3) is 2.14. The average molecular weight is 259 g/mol. The third-order valence-electron chi connectivity index (χ3n) is 2.64. The fourth-order valence-electron chi connectivity index (χ4n) is 1.75. The molecule has 0 saturated carbocycles. The van der Waals surface area contributed by atoms with E-state index in [9.17, 15) is 0 Å². The molecular formula is C13H13N3OS. The van der Waals surface area contributed by atoms with Crippen molar-refractivity contribution in [2.75, 3.05) is 6.54 Å². The number of benzene rings is 1. The van der Waals surface area contributed by atoms with Crippen molar-refractivity contribution in [1.29, 1.82) is 0 Å². The van der Waals surface area contributed by atoms with Crippen LogP contribution in [0.4, 0.5) is 0 Å². The highest BCUT2D eigenvalue weighted by Crippen LogP contribution is 2.32. The number of rotatable bonds is 4. The topological polar surface area (TPSA) is 51.0 Å². The molecule has 0 fully saturated rings. The maximum Gasteiger partial charge on any atom is 0.268 e. The van der Waals surface area contributed by atoms with E-state index >= 15 is 0 Å². The van der Waals surface area contributed by atoms with E-state index in [1.807, 2.05) is 19.1 Å². The SMILES string of the molecule is CCNCc1noc(-c2cc3ccccc3s2)n1. The monoisotopic (exact) mass is 259 g/mol. The van der Waals surface area contributed by atoms with Crippen LogP contribution in [0.2, 0.25) is 0 Å². The number of nitrogens with one attached hydrogen (secondary N) is 1. The van der Waals surface area contributed by atoms with E-state index in [0.717, 1.165) is 11.4 Å². The fraction of sp³-hybridized carbons (Fsp3) is 0.231. The van der Waals surface area contributed by atoms with Crippen molar-refractivity contribution in [2.24, 2.45) is 0 Å². The van der Waals surface area contributed by atoms with Crippen molar-refractivity contribution >= 4 is 21.4 Å². The molecule has 2 aromatic heterocycles. The molecule has 0 aliphatic heterocycles. The Morgan fingerprint density at radius 3 is 3.06 bits per heavy atom. The lowest BCUT2D eigenvalue weighted by molar-refractivity contribution is 0.420. The molecule has 0 atom stereocenters. The standard InChI is InChI=1S/C13H13N3OS/c1-2-14-8-12-15-13(17-16-12)11-7-9-5-3-4-6-10(9)18-11/h3-7,14H,2,8H2,1H3. The molecule has 0 spiro atoms. The Hall–Kier alpha value is -1.72. The maximum atomic E-state index is 5.29. The van der Waals surface area contributed by atoms with E-state index in [2.05, 4.69) is 33.7 Å². The highest BCUT2D eigenvalue weighted by Gasteiger charge is 2.11. The quantitative estimate of drug-likeness (QED) is 0.782. The van der Waals surface area contributed by atoms with Crippen molar-refractivity contribution in [3.8, 4) is 10.8 Å². The van der Waals surface area contributed by atoms with Gasteiger partial charge in [-0.3, -0.25) is 0 Å². The summed E-state index contributed by atoms with van der Waals surface area (Å²) in [6, 6.07) is 10.3. The summed E-state index contributed by atoms with van der Waals surface area (Å²) in [5, 5.41) is 8.34. The Labute approximate surface area is 109 Å². The molecule has 5 heteroatoms. The van der Waals surface area contributed by atoms with Gasteiger partial charge in [0, 0.05) is 4.70 Å². The van der Waals surface area contributed by atoms with Gasteiger partial charge in [-0.05, 0) is 24.1 Å². The van der Waals surface area contributed by atoms with E-state index in [-0.39, 0.29) is 0 Å². The van der Waals surface area contributed by atoms with E-state index in [0.29, 0.717) is 18.3 Å². The Balaban J connectivity index is 1.91. The molecule has 0 radical (unpaired) electrons. The van der Waals surface area contributed by atoms with Gasteiger partial charge in [0.1, 0.15) is 0 Å². The Bertz CT molecular complexity index is 626. The molecule has 1 N–H and O–H groups in total. The van der Waals surface area contributed by atoms with Crippen LogP contribution in [-0.2, 0) is 6.54 Å². The molecule has 3 rings (SSSR count). The minimum atomic E-state index is 0.601. The Morgan fingerprint density at radius 2 is 2.22 bits per heavy atom. The molecule has 4 nitrogen and oxygen atoms in total. The van der Waals surface area contributed by atoms with Gasteiger partial charge in [0.05, 0.1) is 11.4 Å². The van der Waals surface area contributed by atoms with Crippen LogP contribution in [0.15, 0.2) is 34.9 Å². The molecule has 0 unspecified atom stereocenters.